The zero-order chi connectivity index (χ0) is 28.3. The average molecular weight is 577 g/mol. The van der Waals surface area contributed by atoms with E-state index in [1.165, 1.54) is 42.6 Å². The average Bonchev–Trinajstić information content (AvgIpc) is 3.33. The number of aromatic nitrogens is 3. The zero-order valence-electron chi connectivity index (χ0n) is 21.2. The molecule has 0 radical (unpaired) electrons. The van der Waals surface area contributed by atoms with E-state index in [1.807, 2.05) is 4.57 Å². The van der Waals surface area contributed by atoms with Crippen molar-refractivity contribution in [1.82, 2.24) is 19.6 Å². The lowest BCUT2D eigenvalue weighted by Gasteiger charge is -2.47. The van der Waals surface area contributed by atoms with Crippen molar-refractivity contribution in [2.45, 2.75) is 44.3 Å². The van der Waals surface area contributed by atoms with Crippen molar-refractivity contribution in [3.05, 3.63) is 47.7 Å². The highest BCUT2D eigenvalue weighted by Crippen LogP contribution is 2.36. The van der Waals surface area contributed by atoms with E-state index in [4.69, 9.17) is 20.4 Å². The quantitative estimate of drug-likeness (QED) is 0.115. The first-order valence-electron chi connectivity index (χ1n) is 11.7. The molecule has 0 spiro atoms. The monoisotopic (exact) mass is 576 g/mol. The second-order valence-corrected chi connectivity index (χ2v) is 10.9. The van der Waals surface area contributed by atoms with Crippen LogP contribution in [0.3, 0.4) is 0 Å². The summed E-state index contributed by atoms with van der Waals surface area (Å²) < 4.78 is 10.8. The van der Waals surface area contributed by atoms with E-state index in [0.29, 0.717) is 12.3 Å². The number of β-lactam (4-membered cyclic amide) rings is 1. The molecule has 1 fully saturated rings. The first-order chi connectivity index (χ1) is 18.5. The number of hydrogen-bond acceptors (Lipinski definition) is 12. The molecule has 14 nitrogen and oxygen atoms in total. The summed E-state index contributed by atoms with van der Waals surface area (Å²) in [6.07, 6.45) is 5.06. The Morgan fingerprint density at radius 1 is 1.33 bits per heavy atom. The standard InChI is InChI=1S/C23H25N7O7S2/c1-4-36-21(35)23(2,3)37-27-14(16-26-22(24)39-28-16)17(31)25-15-18(32)30-10-12(11-38-19(15)30)9-29-7-5-13(6-8-29)20(33)34/h5-8,10,15,19H,4,9,11H2,1-3H3,(H3-,24,25,26,28,31,33,34)/p+1/t15?,19-/m0/s1. The van der Waals surface area contributed by atoms with Crippen LogP contribution in [0.2, 0.25) is 0 Å². The molecule has 0 aliphatic carbocycles. The Hall–Kier alpha value is -4.05. The van der Waals surface area contributed by atoms with Gasteiger partial charge in [0.15, 0.2) is 24.1 Å². The molecule has 4 N–H and O–H groups in total. The van der Waals surface area contributed by atoms with Crippen molar-refractivity contribution < 1.29 is 38.4 Å². The summed E-state index contributed by atoms with van der Waals surface area (Å²) >= 11 is 2.32. The summed E-state index contributed by atoms with van der Waals surface area (Å²) in [6.45, 7) is 5.12. The van der Waals surface area contributed by atoms with Gasteiger partial charge in [0.25, 0.3) is 11.8 Å². The summed E-state index contributed by atoms with van der Waals surface area (Å²) in [5.41, 5.74) is 4.95. The number of nitrogens with two attached hydrogens (primary N) is 1. The van der Waals surface area contributed by atoms with E-state index in [9.17, 15) is 19.2 Å². The number of fused-ring (bicyclic) bond motifs is 1. The maximum atomic E-state index is 13.2. The van der Waals surface area contributed by atoms with Crippen LogP contribution < -0.4 is 15.6 Å². The maximum absolute atomic E-state index is 13.2. The van der Waals surface area contributed by atoms with Crippen molar-refractivity contribution in [2.24, 2.45) is 5.16 Å². The molecule has 0 bridgehead atoms. The van der Waals surface area contributed by atoms with Gasteiger partial charge in [-0.1, -0.05) is 5.16 Å². The Kier molecular flexibility index (Phi) is 8.15. The fraction of sp³-hybridized carbons (Fsp3) is 0.391. The minimum absolute atomic E-state index is 0.0945. The van der Waals surface area contributed by atoms with Crippen LogP contribution in [-0.4, -0.2) is 78.2 Å². The highest BCUT2D eigenvalue weighted by Gasteiger charge is 2.50. The van der Waals surface area contributed by atoms with Gasteiger partial charge >= 0.3 is 11.9 Å². The van der Waals surface area contributed by atoms with Crippen molar-refractivity contribution in [3.63, 3.8) is 0 Å². The number of esters is 1. The van der Waals surface area contributed by atoms with Gasteiger partial charge in [-0.15, -0.1) is 11.8 Å². The molecule has 4 heterocycles. The molecule has 4 rings (SSSR count). The Morgan fingerprint density at radius 3 is 2.67 bits per heavy atom. The van der Waals surface area contributed by atoms with Gasteiger partial charge in [-0.25, -0.2) is 14.2 Å². The number of anilines is 1. The number of carbonyl (C=O) groups excluding carboxylic acids is 3. The highest BCUT2D eigenvalue weighted by atomic mass is 32.2. The fourth-order valence-electron chi connectivity index (χ4n) is 3.61. The van der Waals surface area contributed by atoms with Gasteiger partial charge in [-0.3, -0.25) is 9.59 Å². The molecule has 1 unspecified atom stereocenters. The molecular weight excluding hydrogens is 550 g/mol. The zero-order valence-corrected chi connectivity index (χ0v) is 22.8. The number of ether oxygens (including phenoxy) is 1. The van der Waals surface area contributed by atoms with Crippen LogP contribution in [0.25, 0.3) is 0 Å². The number of nitrogens with zero attached hydrogens (tertiary/aromatic N) is 5. The van der Waals surface area contributed by atoms with E-state index in [2.05, 4.69) is 19.8 Å². The van der Waals surface area contributed by atoms with Gasteiger partial charge in [0, 0.05) is 41.2 Å². The largest absolute Gasteiger partial charge is 0.478 e. The third kappa shape index (κ3) is 6.17. The van der Waals surface area contributed by atoms with Gasteiger partial charge in [0.05, 0.1) is 12.2 Å². The normalized spacial score (nSPS) is 18.9. The fourth-order valence-corrected chi connectivity index (χ4v) is 5.30. The second-order valence-electron chi connectivity index (χ2n) is 8.97. The van der Waals surface area contributed by atoms with Crippen molar-refractivity contribution >= 4 is 57.9 Å². The van der Waals surface area contributed by atoms with Crippen LogP contribution in [0.5, 0.6) is 0 Å². The van der Waals surface area contributed by atoms with Gasteiger partial charge < -0.3 is 30.6 Å². The molecule has 1 saturated heterocycles. The lowest BCUT2D eigenvalue weighted by Crippen LogP contribution is -2.69. The first-order valence-corrected chi connectivity index (χ1v) is 13.5. The molecule has 2 aromatic rings. The minimum Gasteiger partial charge on any atom is -0.478 e. The summed E-state index contributed by atoms with van der Waals surface area (Å²) in [4.78, 5) is 60.1. The molecule has 16 heteroatoms. The molecule has 2 aromatic heterocycles. The van der Waals surface area contributed by atoms with E-state index in [0.717, 1.165) is 17.1 Å². The van der Waals surface area contributed by atoms with E-state index in [-0.39, 0.29) is 40.1 Å². The van der Waals surface area contributed by atoms with Crippen LogP contribution in [0.4, 0.5) is 5.13 Å². The SMILES string of the molecule is CCOC(=O)C(C)(C)ON=C(C(=O)NC1C(=O)N2C=C(C[n+]3ccc(C(=O)O)cc3)CS[C@@H]12)c1nsc(N)n1. The number of carbonyl (C=O) groups is 4. The third-order valence-electron chi connectivity index (χ3n) is 5.65. The molecule has 2 aliphatic rings. The molecule has 0 saturated carbocycles. The Morgan fingerprint density at radius 2 is 2.05 bits per heavy atom. The minimum atomic E-state index is -1.50. The number of aromatic carboxylic acids is 1. The van der Waals surface area contributed by atoms with Gasteiger partial charge in [-0.2, -0.15) is 9.36 Å². The van der Waals surface area contributed by atoms with E-state index >= 15 is 0 Å². The van der Waals surface area contributed by atoms with Crippen molar-refractivity contribution in [3.8, 4) is 0 Å². The highest BCUT2D eigenvalue weighted by molar-refractivity contribution is 8.00. The third-order valence-corrected chi connectivity index (χ3v) is 7.57. The molecule has 2 aliphatic heterocycles. The van der Waals surface area contributed by atoms with Gasteiger partial charge in [0.2, 0.25) is 17.1 Å². The molecule has 206 valence electrons. The number of rotatable bonds is 10. The van der Waals surface area contributed by atoms with Gasteiger partial charge in [0.1, 0.15) is 11.4 Å². The lowest BCUT2D eigenvalue weighted by atomic mass is 10.1. The van der Waals surface area contributed by atoms with Crippen LogP contribution in [0, 0.1) is 0 Å². The molecule has 2 atom stereocenters. The molecule has 2 amide bonds. The van der Waals surface area contributed by atoms with Crippen LogP contribution in [-0.2, 0) is 30.5 Å². The number of amides is 2. The number of carboxylic acids is 1. The molecule has 39 heavy (non-hydrogen) atoms. The Balaban J connectivity index is 1.44. The Bertz CT molecular complexity index is 1360. The summed E-state index contributed by atoms with van der Waals surface area (Å²) in [5, 5.41) is 15.3. The predicted octanol–water partition coefficient (Wildman–Crippen LogP) is 0.152. The summed E-state index contributed by atoms with van der Waals surface area (Å²) in [7, 11) is 0. The number of hydrogen-bond donors (Lipinski definition) is 3. The van der Waals surface area contributed by atoms with E-state index in [1.54, 1.807) is 25.5 Å². The number of nitrogens with one attached hydrogen (secondary N) is 1. The van der Waals surface area contributed by atoms with Crippen LogP contribution >= 0.6 is 23.3 Å². The summed E-state index contributed by atoms with van der Waals surface area (Å²) in [6, 6.07) is 2.18. The number of thioether (sulfide) groups is 1. The second kappa shape index (κ2) is 11.4. The van der Waals surface area contributed by atoms with Crippen molar-refractivity contribution in [1.29, 1.82) is 0 Å². The number of pyridine rings is 1. The lowest BCUT2D eigenvalue weighted by molar-refractivity contribution is -0.689. The molecular formula is C23H26N7O7S2+. The predicted molar refractivity (Wildman–Crippen MR) is 139 cm³/mol. The summed E-state index contributed by atoms with van der Waals surface area (Å²) in [5.74, 6) is -2.29. The first kappa shape index (κ1) is 28.0. The van der Waals surface area contributed by atoms with Gasteiger partial charge in [-0.05, 0) is 20.8 Å². The number of nitrogen functional groups attached to an aromatic ring is 1. The van der Waals surface area contributed by atoms with E-state index < -0.39 is 29.5 Å². The topological polar surface area (TPSA) is 190 Å². The maximum Gasteiger partial charge on any atom is 0.352 e. The smallest absolute Gasteiger partial charge is 0.352 e. The Labute approximate surface area is 231 Å². The van der Waals surface area contributed by atoms with Crippen molar-refractivity contribution in [2.75, 3.05) is 18.1 Å². The van der Waals surface area contributed by atoms with Crippen LogP contribution in [0.1, 0.15) is 37.0 Å². The number of oxime groups is 1. The number of carboxylic acid groups (broad SMARTS) is 1. The van der Waals surface area contributed by atoms with Crippen LogP contribution in [0.15, 0.2) is 41.5 Å². The molecule has 0 aromatic carbocycles.